The molecule has 0 bridgehead atoms. The van der Waals surface area contributed by atoms with Crippen LogP contribution in [0.25, 0.3) is 0 Å². The van der Waals surface area contributed by atoms with Crippen molar-refractivity contribution in [3.63, 3.8) is 0 Å². The van der Waals surface area contributed by atoms with Crippen LogP contribution < -0.4 is 15.5 Å². The van der Waals surface area contributed by atoms with Gasteiger partial charge in [0.1, 0.15) is 0 Å². The number of aliphatic hydroxyl groups excluding tert-OH is 1. The first-order valence-electron chi connectivity index (χ1n) is 7.63. The van der Waals surface area contributed by atoms with E-state index in [0.717, 1.165) is 18.7 Å². The highest BCUT2D eigenvalue weighted by atomic mass is 16.3. The van der Waals surface area contributed by atoms with E-state index in [4.69, 9.17) is 5.11 Å². The van der Waals surface area contributed by atoms with Gasteiger partial charge in [-0.15, -0.1) is 0 Å². The zero-order valence-electron chi connectivity index (χ0n) is 12.8. The normalized spacial score (nSPS) is 17.4. The zero-order chi connectivity index (χ0) is 15.2. The Morgan fingerprint density at radius 2 is 2.00 bits per heavy atom. The molecule has 0 saturated carbocycles. The fraction of sp³-hybridized carbons (Fsp3) is 0.562. The molecule has 1 heterocycles. The average molecular weight is 291 g/mol. The number of aliphatic hydroxyl groups is 1. The molecule has 2 unspecified atom stereocenters. The van der Waals surface area contributed by atoms with Crippen molar-refractivity contribution in [2.75, 3.05) is 24.6 Å². The summed E-state index contributed by atoms with van der Waals surface area (Å²) in [5.74, 6) is 0. The molecule has 21 heavy (non-hydrogen) atoms. The Balaban J connectivity index is 1.97. The number of nitrogens with zero attached hydrogens (tertiary/aromatic N) is 1. The van der Waals surface area contributed by atoms with Gasteiger partial charge in [-0.2, -0.15) is 0 Å². The Morgan fingerprint density at radius 3 is 2.67 bits per heavy atom. The summed E-state index contributed by atoms with van der Waals surface area (Å²) in [5.41, 5.74) is 2.31. The minimum absolute atomic E-state index is 0.0632. The van der Waals surface area contributed by atoms with Crippen LogP contribution in [0.2, 0.25) is 0 Å². The van der Waals surface area contributed by atoms with E-state index in [1.807, 2.05) is 19.1 Å². The van der Waals surface area contributed by atoms with Gasteiger partial charge in [0.15, 0.2) is 0 Å². The number of urea groups is 1. The lowest BCUT2D eigenvalue weighted by atomic mass is 10.1. The molecule has 116 valence electrons. The van der Waals surface area contributed by atoms with Crippen molar-refractivity contribution in [1.29, 1.82) is 0 Å². The molecular formula is C16H25N3O2. The second-order valence-corrected chi connectivity index (χ2v) is 5.71. The number of amides is 2. The SMILES string of the molecule is CC(CO)NC(=O)NC(C)c1cccc(N2CCCC2)c1. The summed E-state index contributed by atoms with van der Waals surface area (Å²) < 4.78 is 0. The average Bonchev–Trinajstić information content (AvgIpc) is 3.01. The lowest BCUT2D eigenvalue weighted by Crippen LogP contribution is -2.43. The van der Waals surface area contributed by atoms with E-state index < -0.39 is 0 Å². The van der Waals surface area contributed by atoms with Crippen LogP contribution >= 0.6 is 0 Å². The van der Waals surface area contributed by atoms with E-state index in [1.54, 1.807) is 6.92 Å². The van der Waals surface area contributed by atoms with Gasteiger partial charge in [-0.3, -0.25) is 0 Å². The summed E-state index contributed by atoms with van der Waals surface area (Å²) in [6.07, 6.45) is 2.50. The quantitative estimate of drug-likeness (QED) is 0.778. The van der Waals surface area contributed by atoms with Crippen LogP contribution in [0, 0.1) is 0 Å². The Labute approximate surface area is 126 Å². The van der Waals surface area contributed by atoms with Gasteiger partial charge in [0, 0.05) is 18.8 Å². The number of hydrogen-bond donors (Lipinski definition) is 3. The predicted octanol–water partition coefficient (Wildman–Crippen LogP) is 2.03. The highest BCUT2D eigenvalue weighted by Crippen LogP contribution is 2.23. The van der Waals surface area contributed by atoms with Crippen LogP contribution in [-0.2, 0) is 0 Å². The molecule has 0 aliphatic carbocycles. The zero-order valence-corrected chi connectivity index (χ0v) is 12.8. The van der Waals surface area contributed by atoms with Gasteiger partial charge in [0.2, 0.25) is 0 Å². The molecule has 5 nitrogen and oxygen atoms in total. The molecule has 2 amide bonds. The van der Waals surface area contributed by atoms with Gasteiger partial charge in [0.05, 0.1) is 18.7 Å². The molecule has 0 aromatic heterocycles. The largest absolute Gasteiger partial charge is 0.394 e. The molecule has 1 aromatic rings. The third-order valence-electron chi connectivity index (χ3n) is 3.84. The lowest BCUT2D eigenvalue weighted by Gasteiger charge is -2.21. The predicted molar refractivity (Wildman–Crippen MR) is 84.5 cm³/mol. The highest BCUT2D eigenvalue weighted by Gasteiger charge is 2.15. The van der Waals surface area contributed by atoms with Crippen molar-refractivity contribution in [3.8, 4) is 0 Å². The topological polar surface area (TPSA) is 64.6 Å². The molecule has 1 aliphatic rings. The van der Waals surface area contributed by atoms with Crippen LogP contribution in [0.15, 0.2) is 24.3 Å². The third kappa shape index (κ3) is 4.36. The van der Waals surface area contributed by atoms with Crippen LogP contribution in [0.5, 0.6) is 0 Å². The Hall–Kier alpha value is -1.75. The first-order chi connectivity index (χ1) is 10.1. The lowest BCUT2D eigenvalue weighted by molar-refractivity contribution is 0.218. The number of rotatable bonds is 5. The van der Waals surface area contributed by atoms with Crippen molar-refractivity contribution in [2.24, 2.45) is 0 Å². The van der Waals surface area contributed by atoms with Crippen molar-refractivity contribution < 1.29 is 9.90 Å². The fourth-order valence-electron chi connectivity index (χ4n) is 2.56. The molecule has 1 fully saturated rings. The molecule has 0 spiro atoms. The second-order valence-electron chi connectivity index (χ2n) is 5.71. The number of anilines is 1. The van der Waals surface area contributed by atoms with Crippen molar-refractivity contribution in [1.82, 2.24) is 10.6 Å². The smallest absolute Gasteiger partial charge is 0.315 e. The van der Waals surface area contributed by atoms with Gasteiger partial charge >= 0.3 is 6.03 Å². The van der Waals surface area contributed by atoms with E-state index >= 15 is 0 Å². The fourth-order valence-corrected chi connectivity index (χ4v) is 2.56. The van der Waals surface area contributed by atoms with Crippen LogP contribution in [0.4, 0.5) is 10.5 Å². The molecule has 2 atom stereocenters. The summed E-state index contributed by atoms with van der Waals surface area (Å²) in [4.78, 5) is 14.2. The molecule has 1 saturated heterocycles. The summed E-state index contributed by atoms with van der Waals surface area (Å²) in [6.45, 7) is 5.89. The van der Waals surface area contributed by atoms with Crippen molar-refractivity contribution in [2.45, 2.75) is 38.8 Å². The van der Waals surface area contributed by atoms with Crippen LogP contribution in [-0.4, -0.2) is 36.9 Å². The number of carbonyl (C=O) groups excluding carboxylic acids is 1. The van der Waals surface area contributed by atoms with Crippen molar-refractivity contribution >= 4 is 11.7 Å². The molecule has 2 rings (SSSR count). The van der Waals surface area contributed by atoms with Gasteiger partial charge in [-0.05, 0) is 44.4 Å². The highest BCUT2D eigenvalue weighted by molar-refractivity contribution is 5.74. The Bertz CT molecular complexity index is 472. The maximum atomic E-state index is 11.8. The summed E-state index contributed by atoms with van der Waals surface area (Å²) >= 11 is 0. The second kappa shape index (κ2) is 7.31. The minimum Gasteiger partial charge on any atom is -0.394 e. The minimum atomic E-state index is -0.254. The van der Waals surface area contributed by atoms with E-state index in [-0.39, 0.29) is 24.7 Å². The molecule has 0 radical (unpaired) electrons. The van der Waals surface area contributed by atoms with Crippen LogP contribution in [0.3, 0.4) is 0 Å². The first kappa shape index (κ1) is 15.6. The molecular weight excluding hydrogens is 266 g/mol. The Morgan fingerprint density at radius 1 is 1.29 bits per heavy atom. The number of benzene rings is 1. The summed E-state index contributed by atoms with van der Waals surface area (Å²) in [7, 11) is 0. The molecule has 1 aromatic carbocycles. The van der Waals surface area contributed by atoms with E-state index in [9.17, 15) is 4.79 Å². The molecule has 5 heteroatoms. The molecule has 1 aliphatic heterocycles. The van der Waals surface area contributed by atoms with E-state index in [2.05, 4.69) is 27.7 Å². The van der Waals surface area contributed by atoms with E-state index in [0.29, 0.717) is 0 Å². The van der Waals surface area contributed by atoms with Crippen LogP contribution in [0.1, 0.15) is 38.3 Å². The third-order valence-corrected chi connectivity index (χ3v) is 3.84. The van der Waals surface area contributed by atoms with Gasteiger partial charge in [-0.25, -0.2) is 4.79 Å². The van der Waals surface area contributed by atoms with Gasteiger partial charge in [-0.1, -0.05) is 12.1 Å². The Kier molecular flexibility index (Phi) is 5.44. The maximum Gasteiger partial charge on any atom is 0.315 e. The summed E-state index contributed by atoms with van der Waals surface area (Å²) in [6, 6.07) is 7.76. The standard InChI is InChI=1S/C16H25N3O2/c1-12(11-20)17-16(21)18-13(2)14-6-5-7-15(10-14)19-8-3-4-9-19/h5-7,10,12-13,20H,3-4,8-9,11H2,1-2H3,(H2,17,18,21). The molecule has 3 N–H and O–H groups in total. The monoisotopic (exact) mass is 291 g/mol. The number of nitrogens with one attached hydrogen (secondary N) is 2. The van der Waals surface area contributed by atoms with Gasteiger partial charge in [0.25, 0.3) is 0 Å². The van der Waals surface area contributed by atoms with E-state index in [1.165, 1.54) is 18.5 Å². The summed E-state index contributed by atoms with van der Waals surface area (Å²) in [5, 5.41) is 14.5. The number of carbonyl (C=O) groups is 1. The number of hydrogen-bond acceptors (Lipinski definition) is 3. The van der Waals surface area contributed by atoms with Gasteiger partial charge < -0.3 is 20.6 Å². The van der Waals surface area contributed by atoms with Crippen molar-refractivity contribution in [3.05, 3.63) is 29.8 Å². The maximum absolute atomic E-state index is 11.8. The first-order valence-corrected chi connectivity index (χ1v) is 7.63.